The van der Waals surface area contributed by atoms with Gasteiger partial charge in [-0.05, 0) is 12.8 Å². The maximum absolute atomic E-state index is 6.01. The Labute approximate surface area is 125 Å². The van der Waals surface area contributed by atoms with Crippen LogP contribution in [0.3, 0.4) is 0 Å². The summed E-state index contributed by atoms with van der Waals surface area (Å²) in [6.07, 6.45) is 5.46. The summed E-state index contributed by atoms with van der Waals surface area (Å²) in [5.41, 5.74) is 7.54. The highest BCUT2D eigenvalue weighted by molar-refractivity contribution is 5.61. The molecule has 0 saturated heterocycles. The topological polar surface area (TPSA) is 61.0 Å². The second-order valence-electron chi connectivity index (χ2n) is 5.63. The third-order valence-corrected chi connectivity index (χ3v) is 4.27. The van der Waals surface area contributed by atoms with Gasteiger partial charge in [0, 0.05) is 18.7 Å². The smallest absolute Gasteiger partial charge is 0.163 e. The molecule has 1 aromatic heterocycles. The highest BCUT2D eigenvalue weighted by Gasteiger charge is 2.37. The van der Waals surface area contributed by atoms with E-state index in [0.717, 1.165) is 42.8 Å². The monoisotopic (exact) mass is 283 g/mol. The molecule has 0 unspecified atom stereocenters. The number of nitrogens with zero attached hydrogens (tertiary/aromatic N) is 2. The largest absolute Gasteiger partial charge is 0.384 e. The van der Waals surface area contributed by atoms with Crippen molar-refractivity contribution >= 4 is 5.82 Å². The van der Waals surface area contributed by atoms with Crippen LogP contribution in [0.2, 0.25) is 0 Å². The third kappa shape index (κ3) is 2.76. The summed E-state index contributed by atoms with van der Waals surface area (Å²) in [5.74, 6) is 1.23. The van der Waals surface area contributed by atoms with E-state index in [1.165, 1.54) is 6.42 Å². The highest BCUT2D eigenvalue weighted by atomic mass is 16.5. The number of aromatic nitrogens is 2. The molecule has 21 heavy (non-hydrogen) atoms. The van der Waals surface area contributed by atoms with E-state index in [2.05, 4.69) is 4.98 Å². The van der Waals surface area contributed by atoms with Crippen LogP contribution in [0.15, 0.2) is 36.4 Å². The lowest BCUT2D eigenvalue weighted by atomic mass is 9.84. The Morgan fingerprint density at radius 2 is 1.76 bits per heavy atom. The Hall–Kier alpha value is -1.94. The molecule has 4 nitrogen and oxygen atoms in total. The average molecular weight is 283 g/mol. The van der Waals surface area contributed by atoms with Crippen molar-refractivity contribution in [2.24, 2.45) is 0 Å². The highest BCUT2D eigenvalue weighted by Crippen LogP contribution is 2.39. The fourth-order valence-electron chi connectivity index (χ4n) is 3.07. The molecule has 3 rings (SSSR count). The van der Waals surface area contributed by atoms with E-state index < -0.39 is 0 Å². The lowest BCUT2D eigenvalue weighted by Gasteiger charge is -2.34. The normalized spacial score (nSPS) is 17.6. The average Bonchev–Trinajstić information content (AvgIpc) is 2.56. The van der Waals surface area contributed by atoms with Gasteiger partial charge >= 0.3 is 0 Å². The Morgan fingerprint density at radius 3 is 2.43 bits per heavy atom. The quantitative estimate of drug-likeness (QED) is 0.936. The number of hydrogen-bond acceptors (Lipinski definition) is 4. The molecule has 1 saturated carbocycles. The second-order valence-corrected chi connectivity index (χ2v) is 5.63. The van der Waals surface area contributed by atoms with E-state index in [0.29, 0.717) is 5.82 Å². The number of benzene rings is 1. The van der Waals surface area contributed by atoms with Gasteiger partial charge in [-0.15, -0.1) is 0 Å². The van der Waals surface area contributed by atoms with Crippen LogP contribution < -0.4 is 5.73 Å². The van der Waals surface area contributed by atoms with Crippen LogP contribution >= 0.6 is 0 Å². The van der Waals surface area contributed by atoms with Crippen molar-refractivity contribution in [2.75, 3.05) is 12.8 Å². The molecule has 1 heterocycles. The fourth-order valence-corrected chi connectivity index (χ4v) is 3.07. The molecule has 1 aromatic carbocycles. The van der Waals surface area contributed by atoms with Crippen LogP contribution in [0.1, 0.15) is 37.9 Å². The SMILES string of the molecule is COC1(c2nc(N)cc(-c3ccccc3)n2)CCCCC1. The predicted octanol–water partition coefficient (Wildman–Crippen LogP) is 3.53. The van der Waals surface area contributed by atoms with Gasteiger partial charge in [-0.2, -0.15) is 0 Å². The summed E-state index contributed by atoms with van der Waals surface area (Å²) in [5, 5.41) is 0. The molecule has 0 radical (unpaired) electrons. The summed E-state index contributed by atoms with van der Waals surface area (Å²) in [6.45, 7) is 0. The van der Waals surface area contributed by atoms with Crippen LogP contribution in [0.4, 0.5) is 5.82 Å². The van der Waals surface area contributed by atoms with Crippen molar-refractivity contribution in [1.29, 1.82) is 0 Å². The first kappa shape index (κ1) is 14.0. The van der Waals surface area contributed by atoms with Gasteiger partial charge in [-0.3, -0.25) is 0 Å². The first-order valence-corrected chi connectivity index (χ1v) is 7.49. The number of nitrogens with two attached hydrogens (primary N) is 1. The molecular formula is C17H21N3O. The Morgan fingerprint density at radius 1 is 1.05 bits per heavy atom. The van der Waals surface area contributed by atoms with E-state index >= 15 is 0 Å². The van der Waals surface area contributed by atoms with Crippen LogP contribution in [0.5, 0.6) is 0 Å². The van der Waals surface area contributed by atoms with E-state index in [1.807, 2.05) is 36.4 Å². The molecule has 110 valence electrons. The van der Waals surface area contributed by atoms with Crippen LogP contribution in [0, 0.1) is 0 Å². The first-order chi connectivity index (χ1) is 10.2. The molecule has 1 fully saturated rings. The van der Waals surface area contributed by atoms with E-state index in [-0.39, 0.29) is 5.60 Å². The third-order valence-electron chi connectivity index (χ3n) is 4.27. The summed E-state index contributed by atoms with van der Waals surface area (Å²) in [6, 6.07) is 11.9. The van der Waals surface area contributed by atoms with Gasteiger partial charge in [-0.1, -0.05) is 49.6 Å². The van der Waals surface area contributed by atoms with Gasteiger partial charge in [0.05, 0.1) is 5.69 Å². The van der Waals surface area contributed by atoms with Crippen LogP contribution in [-0.4, -0.2) is 17.1 Å². The van der Waals surface area contributed by atoms with E-state index in [1.54, 1.807) is 7.11 Å². The Bertz CT molecular complexity index is 607. The van der Waals surface area contributed by atoms with Gasteiger partial charge in [0.1, 0.15) is 11.4 Å². The zero-order valence-corrected chi connectivity index (χ0v) is 12.4. The van der Waals surface area contributed by atoms with Crippen LogP contribution in [0.25, 0.3) is 11.3 Å². The van der Waals surface area contributed by atoms with Gasteiger partial charge in [0.25, 0.3) is 0 Å². The first-order valence-electron chi connectivity index (χ1n) is 7.49. The number of anilines is 1. The van der Waals surface area contributed by atoms with Gasteiger partial charge in [-0.25, -0.2) is 9.97 Å². The zero-order valence-electron chi connectivity index (χ0n) is 12.4. The Kier molecular flexibility index (Phi) is 3.88. The van der Waals surface area contributed by atoms with E-state index in [9.17, 15) is 0 Å². The molecule has 1 aliphatic carbocycles. The molecule has 0 aliphatic heterocycles. The molecule has 0 atom stereocenters. The standard InChI is InChI=1S/C17H21N3O/c1-21-17(10-6-3-7-11-17)16-19-14(12-15(18)20-16)13-8-4-2-5-9-13/h2,4-5,8-9,12H,3,6-7,10-11H2,1H3,(H2,18,19,20). The molecule has 2 N–H and O–H groups in total. The Balaban J connectivity index is 2.05. The number of rotatable bonds is 3. The second kappa shape index (κ2) is 5.82. The fraction of sp³-hybridized carbons (Fsp3) is 0.412. The van der Waals surface area contributed by atoms with E-state index in [4.69, 9.17) is 15.5 Å². The lowest BCUT2D eigenvalue weighted by molar-refractivity contribution is -0.0513. The van der Waals surface area contributed by atoms with Gasteiger partial charge in [0.2, 0.25) is 0 Å². The minimum absolute atomic E-state index is 0.378. The molecule has 2 aromatic rings. The van der Waals surface area contributed by atoms with Crippen LogP contribution in [-0.2, 0) is 10.3 Å². The summed E-state index contributed by atoms with van der Waals surface area (Å²) in [7, 11) is 1.75. The predicted molar refractivity (Wildman–Crippen MR) is 83.7 cm³/mol. The molecule has 1 aliphatic rings. The van der Waals surface area contributed by atoms with Gasteiger partial charge in [0.15, 0.2) is 5.82 Å². The minimum Gasteiger partial charge on any atom is -0.384 e. The van der Waals surface area contributed by atoms with Crippen molar-refractivity contribution in [2.45, 2.75) is 37.7 Å². The number of methoxy groups -OCH3 is 1. The molecule has 0 spiro atoms. The van der Waals surface area contributed by atoms with Crippen molar-refractivity contribution in [3.63, 3.8) is 0 Å². The van der Waals surface area contributed by atoms with Crippen molar-refractivity contribution in [1.82, 2.24) is 9.97 Å². The maximum atomic E-state index is 6.01. The minimum atomic E-state index is -0.378. The molecular weight excluding hydrogens is 262 g/mol. The van der Waals surface area contributed by atoms with Crippen molar-refractivity contribution in [3.05, 3.63) is 42.2 Å². The number of hydrogen-bond donors (Lipinski definition) is 1. The van der Waals surface area contributed by atoms with Crippen molar-refractivity contribution < 1.29 is 4.74 Å². The van der Waals surface area contributed by atoms with Crippen molar-refractivity contribution in [3.8, 4) is 11.3 Å². The number of nitrogen functional groups attached to an aromatic ring is 1. The maximum Gasteiger partial charge on any atom is 0.163 e. The lowest BCUT2D eigenvalue weighted by Crippen LogP contribution is -2.33. The molecule has 0 amide bonds. The number of ether oxygens (including phenoxy) is 1. The molecule has 4 heteroatoms. The molecule has 0 bridgehead atoms. The summed E-state index contributed by atoms with van der Waals surface area (Å²) in [4.78, 5) is 9.22. The summed E-state index contributed by atoms with van der Waals surface area (Å²) < 4.78 is 5.83. The van der Waals surface area contributed by atoms with Gasteiger partial charge < -0.3 is 10.5 Å². The zero-order chi connectivity index (χ0) is 14.7. The summed E-state index contributed by atoms with van der Waals surface area (Å²) >= 11 is 0.